The first-order valence-electron chi connectivity index (χ1n) is 8.13. The van der Waals surface area contributed by atoms with Gasteiger partial charge in [-0.05, 0) is 24.1 Å². The number of ether oxygens (including phenoxy) is 3. The standard InChI is InChI=1S/C17H21NO6/c19-16(18-6-9-22-11-13(18)17(20)21)5-3-12-2-4-14-15(10-12)24-8-1-7-23-14/h2,4,10,13H,1,3,5-9,11H2,(H,20,21). The predicted molar refractivity (Wildman–Crippen MR) is 84.3 cm³/mol. The lowest BCUT2D eigenvalue weighted by Gasteiger charge is -2.32. The molecule has 1 saturated heterocycles. The molecule has 2 heterocycles. The van der Waals surface area contributed by atoms with E-state index in [4.69, 9.17) is 14.2 Å². The Morgan fingerprint density at radius 2 is 1.96 bits per heavy atom. The summed E-state index contributed by atoms with van der Waals surface area (Å²) in [5, 5.41) is 9.20. The molecule has 7 heteroatoms. The molecule has 24 heavy (non-hydrogen) atoms. The van der Waals surface area contributed by atoms with Crippen molar-refractivity contribution < 1.29 is 28.9 Å². The van der Waals surface area contributed by atoms with Crippen LogP contribution in [-0.2, 0) is 20.7 Å². The quantitative estimate of drug-likeness (QED) is 0.887. The number of carboxylic acids is 1. The van der Waals surface area contributed by atoms with Crippen molar-refractivity contribution in [1.82, 2.24) is 4.90 Å². The van der Waals surface area contributed by atoms with Crippen molar-refractivity contribution in [3.05, 3.63) is 23.8 Å². The SMILES string of the molecule is O=C(O)C1COCCN1C(=O)CCc1ccc2c(c1)OCCCO2. The van der Waals surface area contributed by atoms with Crippen LogP contribution in [0.2, 0.25) is 0 Å². The highest BCUT2D eigenvalue weighted by atomic mass is 16.5. The minimum absolute atomic E-state index is 0.0467. The molecule has 0 radical (unpaired) electrons. The molecule has 1 aromatic rings. The van der Waals surface area contributed by atoms with Crippen LogP contribution in [-0.4, -0.2) is 60.9 Å². The Balaban J connectivity index is 1.61. The first-order chi connectivity index (χ1) is 11.6. The molecular weight excluding hydrogens is 314 g/mol. The van der Waals surface area contributed by atoms with Crippen LogP contribution >= 0.6 is 0 Å². The summed E-state index contributed by atoms with van der Waals surface area (Å²) in [6, 6.07) is 4.77. The summed E-state index contributed by atoms with van der Waals surface area (Å²) in [6.07, 6.45) is 1.62. The minimum atomic E-state index is -1.03. The molecule has 1 aromatic carbocycles. The van der Waals surface area contributed by atoms with E-state index in [0.29, 0.717) is 38.5 Å². The molecular formula is C17H21NO6. The van der Waals surface area contributed by atoms with Crippen molar-refractivity contribution in [2.24, 2.45) is 0 Å². The lowest BCUT2D eigenvalue weighted by molar-refractivity contribution is -0.158. The average Bonchev–Trinajstić information content (AvgIpc) is 2.84. The van der Waals surface area contributed by atoms with E-state index in [0.717, 1.165) is 17.7 Å². The zero-order chi connectivity index (χ0) is 16.9. The summed E-state index contributed by atoms with van der Waals surface area (Å²) in [7, 11) is 0. The van der Waals surface area contributed by atoms with Crippen molar-refractivity contribution in [1.29, 1.82) is 0 Å². The molecule has 1 atom stereocenters. The summed E-state index contributed by atoms with van der Waals surface area (Å²) < 4.78 is 16.4. The van der Waals surface area contributed by atoms with Gasteiger partial charge >= 0.3 is 5.97 Å². The highest BCUT2D eigenvalue weighted by Gasteiger charge is 2.32. The number of hydrogen-bond acceptors (Lipinski definition) is 5. The van der Waals surface area contributed by atoms with Gasteiger partial charge in [0, 0.05) is 19.4 Å². The van der Waals surface area contributed by atoms with Gasteiger partial charge in [-0.1, -0.05) is 6.07 Å². The first-order valence-corrected chi connectivity index (χ1v) is 8.13. The summed E-state index contributed by atoms with van der Waals surface area (Å²) in [5.74, 6) is 0.227. The largest absolute Gasteiger partial charge is 0.490 e. The van der Waals surface area contributed by atoms with Crippen LogP contribution in [0.3, 0.4) is 0 Å². The van der Waals surface area contributed by atoms with Crippen LogP contribution in [0.1, 0.15) is 18.4 Å². The molecule has 1 unspecified atom stereocenters. The fraction of sp³-hybridized carbons (Fsp3) is 0.529. The Labute approximate surface area is 140 Å². The minimum Gasteiger partial charge on any atom is -0.490 e. The zero-order valence-electron chi connectivity index (χ0n) is 13.4. The van der Waals surface area contributed by atoms with Gasteiger partial charge in [-0.25, -0.2) is 4.79 Å². The summed E-state index contributed by atoms with van der Waals surface area (Å²) >= 11 is 0. The fourth-order valence-corrected chi connectivity index (χ4v) is 2.86. The molecule has 0 aliphatic carbocycles. The number of carbonyl (C=O) groups is 2. The molecule has 0 aromatic heterocycles. The molecule has 0 spiro atoms. The van der Waals surface area contributed by atoms with E-state index in [1.807, 2.05) is 18.2 Å². The normalized spacial score (nSPS) is 20.3. The number of benzene rings is 1. The Kier molecular flexibility index (Phi) is 5.20. The average molecular weight is 335 g/mol. The molecule has 2 aliphatic rings. The van der Waals surface area contributed by atoms with Crippen LogP contribution < -0.4 is 9.47 Å². The third-order valence-electron chi connectivity index (χ3n) is 4.17. The monoisotopic (exact) mass is 335 g/mol. The number of aliphatic carboxylic acids is 1. The smallest absolute Gasteiger partial charge is 0.328 e. The highest BCUT2D eigenvalue weighted by molar-refractivity contribution is 5.84. The third-order valence-corrected chi connectivity index (χ3v) is 4.17. The van der Waals surface area contributed by atoms with Crippen molar-refractivity contribution in [2.75, 3.05) is 33.0 Å². The van der Waals surface area contributed by atoms with Crippen LogP contribution in [0.15, 0.2) is 18.2 Å². The number of rotatable bonds is 4. The van der Waals surface area contributed by atoms with E-state index >= 15 is 0 Å². The topological polar surface area (TPSA) is 85.3 Å². The second-order valence-corrected chi connectivity index (χ2v) is 5.85. The van der Waals surface area contributed by atoms with E-state index in [1.165, 1.54) is 4.90 Å². The van der Waals surface area contributed by atoms with Gasteiger partial charge in [0.05, 0.1) is 26.4 Å². The summed E-state index contributed by atoms with van der Waals surface area (Å²) in [6.45, 7) is 1.99. The Morgan fingerprint density at radius 3 is 2.75 bits per heavy atom. The number of carbonyl (C=O) groups excluding carboxylic acids is 1. The van der Waals surface area contributed by atoms with Crippen LogP contribution in [0.4, 0.5) is 0 Å². The van der Waals surface area contributed by atoms with E-state index in [9.17, 15) is 14.7 Å². The third kappa shape index (κ3) is 3.79. The van der Waals surface area contributed by atoms with Crippen LogP contribution in [0.25, 0.3) is 0 Å². The Hall–Kier alpha value is -2.28. The number of amides is 1. The summed E-state index contributed by atoms with van der Waals surface area (Å²) in [5.41, 5.74) is 0.965. The maximum atomic E-state index is 12.4. The number of hydrogen-bond donors (Lipinski definition) is 1. The van der Waals surface area contributed by atoms with E-state index < -0.39 is 12.0 Å². The second kappa shape index (κ2) is 7.53. The Bertz CT molecular complexity index is 617. The highest BCUT2D eigenvalue weighted by Crippen LogP contribution is 2.30. The molecule has 0 saturated carbocycles. The maximum absolute atomic E-state index is 12.4. The van der Waals surface area contributed by atoms with Gasteiger partial charge in [-0.3, -0.25) is 4.79 Å². The number of carboxylic acid groups (broad SMARTS) is 1. The second-order valence-electron chi connectivity index (χ2n) is 5.85. The molecule has 1 amide bonds. The van der Waals surface area contributed by atoms with Gasteiger partial charge in [0.25, 0.3) is 0 Å². The van der Waals surface area contributed by atoms with Gasteiger partial charge < -0.3 is 24.2 Å². The predicted octanol–water partition coefficient (Wildman–Crippen LogP) is 1.09. The molecule has 3 rings (SSSR count). The van der Waals surface area contributed by atoms with Gasteiger partial charge in [0.15, 0.2) is 17.5 Å². The zero-order valence-corrected chi connectivity index (χ0v) is 13.4. The van der Waals surface area contributed by atoms with Crippen molar-refractivity contribution >= 4 is 11.9 Å². The molecule has 130 valence electrons. The molecule has 2 aliphatic heterocycles. The number of fused-ring (bicyclic) bond motifs is 1. The Morgan fingerprint density at radius 1 is 1.17 bits per heavy atom. The number of aryl methyl sites for hydroxylation is 1. The van der Waals surface area contributed by atoms with Gasteiger partial charge in [-0.15, -0.1) is 0 Å². The molecule has 0 bridgehead atoms. The number of nitrogens with zero attached hydrogens (tertiary/aromatic N) is 1. The van der Waals surface area contributed by atoms with Crippen LogP contribution in [0.5, 0.6) is 11.5 Å². The van der Waals surface area contributed by atoms with E-state index in [-0.39, 0.29) is 18.9 Å². The van der Waals surface area contributed by atoms with Crippen molar-refractivity contribution in [3.63, 3.8) is 0 Å². The molecule has 1 fully saturated rings. The summed E-state index contributed by atoms with van der Waals surface area (Å²) in [4.78, 5) is 25.0. The van der Waals surface area contributed by atoms with E-state index in [1.54, 1.807) is 0 Å². The maximum Gasteiger partial charge on any atom is 0.328 e. The lowest BCUT2D eigenvalue weighted by Crippen LogP contribution is -2.52. The van der Waals surface area contributed by atoms with Crippen molar-refractivity contribution in [2.45, 2.75) is 25.3 Å². The number of morpholine rings is 1. The van der Waals surface area contributed by atoms with E-state index in [2.05, 4.69) is 0 Å². The van der Waals surface area contributed by atoms with Gasteiger partial charge in [-0.2, -0.15) is 0 Å². The first kappa shape index (κ1) is 16.6. The van der Waals surface area contributed by atoms with Gasteiger partial charge in [0.1, 0.15) is 0 Å². The van der Waals surface area contributed by atoms with Gasteiger partial charge in [0.2, 0.25) is 5.91 Å². The van der Waals surface area contributed by atoms with Crippen LogP contribution in [0, 0.1) is 0 Å². The fourth-order valence-electron chi connectivity index (χ4n) is 2.86. The molecule has 1 N–H and O–H groups in total. The molecule has 7 nitrogen and oxygen atoms in total. The van der Waals surface area contributed by atoms with Crippen molar-refractivity contribution in [3.8, 4) is 11.5 Å². The lowest BCUT2D eigenvalue weighted by atomic mass is 10.1.